The van der Waals surface area contributed by atoms with Crippen LogP contribution in [-0.4, -0.2) is 14.9 Å². The predicted molar refractivity (Wildman–Crippen MR) is 65.0 cm³/mol. The maximum atomic E-state index is 12.5. The van der Waals surface area contributed by atoms with E-state index in [1.165, 1.54) is 0 Å². The molecule has 0 unspecified atom stereocenters. The average molecular weight is 284 g/mol. The molecule has 0 aliphatic carbocycles. The number of rotatable bonds is 3. The number of hydrogen-bond donors (Lipinski definition) is 1. The summed E-state index contributed by atoms with van der Waals surface area (Å²) in [5, 5.41) is 12.2. The van der Waals surface area contributed by atoms with Gasteiger partial charge in [-0.25, -0.2) is 4.68 Å². The Hall–Kier alpha value is -2.15. The molecule has 1 aromatic heterocycles. The second-order valence-electron chi connectivity index (χ2n) is 4.19. The number of aliphatic hydroxyl groups excluding tert-OH is 1. The Morgan fingerprint density at radius 3 is 2.20 bits per heavy atom. The van der Waals surface area contributed by atoms with E-state index >= 15 is 0 Å². The minimum absolute atomic E-state index is 0.0610. The van der Waals surface area contributed by atoms with E-state index in [4.69, 9.17) is 5.11 Å². The lowest BCUT2D eigenvalue weighted by Gasteiger charge is -2.09. The first-order valence-corrected chi connectivity index (χ1v) is 5.74. The van der Waals surface area contributed by atoms with Crippen LogP contribution in [0.2, 0.25) is 0 Å². The van der Waals surface area contributed by atoms with E-state index < -0.39 is 17.4 Å². The van der Waals surface area contributed by atoms with Crippen LogP contribution in [0.3, 0.4) is 0 Å². The van der Waals surface area contributed by atoms with Crippen LogP contribution in [0.1, 0.15) is 16.8 Å². The molecular weight excluding hydrogens is 273 g/mol. The molecular formula is C13H11F3N2O2. The number of benzene rings is 1. The number of nitrogens with zero attached hydrogens (tertiary/aromatic N) is 2. The third-order valence-electron chi connectivity index (χ3n) is 2.69. The second-order valence-corrected chi connectivity index (χ2v) is 4.19. The summed E-state index contributed by atoms with van der Waals surface area (Å²) in [5.41, 5.74) is -0.414. The van der Waals surface area contributed by atoms with Gasteiger partial charge < -0.3 is 5.11 Å². The molecule has 2 aromatic rings. The van der Waals surface area contributed by atoms with Crippen molar-refractivity contribution in [1.29, 1.82) is 0 Å². The largest absolute Gasteiger partial charge is 0.435 e. The summed E-state index contributed by atoms with van der Waals surface area (Å²) >= 11 is 0. The van der Waals surface area contributed by atoms with E-state index in [9.17, 15) is 18.0 Å². The minimum Gasteiger partial charge on any atom is -0.392 e. The van der Waals surface area contributed by atoms with Gasteiger partial charge in [0, 0.05) is 6.07 Å². The number of hydrogen-bond acceptors (Lipinski definition) is 3. The van der Waals surface area contributed by atoms with Crippen LogP contribution < -0.4 is 5.56 Å². The van der Waals surface area contributed by atoms with Crippen molar-refractivity contribution in [3.63, 3.8) is 0 Å². The molecule has 1 aromatic carbocycles. The van der Waals surface area contributed by atoms with Gasteiger partial charge in [-0.05, 0) is 17.2 Å². The van der Waals surface area contributed by atoms with Gasteiger partial charge in [0.25, 0.3) is 5.56 Å². The maximum Gasteiger partial charge on any atom is 0.435 e. The number of halogens is 3. The van der Waals surface area contributed by atoms with Crippen molar-refractivity contribution in [3.8, 4) is 0 Å². The molecule has 0 bridgehead atoms. The highest BCUT2D eigenvalue weighted by Crippen LogP contribution is 2.26. The molecule has 0 radical (unpaired) electrons. The van der Waals surface area contributed by atoms with Crippen molar-refractivity contribution < 1.29 is 18.3 Å². The first-order valence-electron chi connectivity index (χ1n) is 5.74. The second kappa shape index (κ2) is 5.46. The lowest BCUT2D eigenvalue weighted by molar-refractivity contribution is -0.142. The molecule has 106 valence electrons. The first kappa shape index (κ1) is 14.3. The van der Waals surface area contributed by atoms with Crippen molar-refractivity contribution in [1.82, 2.24) is 9.78 Å². The molecule has 0 aliphatic rings. The number of alkyl halides is 3. The highest BCUT2D eigenvalue weighted by atomic mass is 19.4. The van der Waals surface area contributed by atoms with Gasteiger partial charge in [-0.15, -0.1) is 0 Å². The van der Waals surface area contributed by atoms with Crippen LogP contribution in [-0.2, 0) is 19.3 Å². The fourth-order valence-electron chi connectivity index (χ4n) is 1.64. The average Bonchev–Trinajstić information content (AvgIpc) is 2.41. The summed E-state index contributed by atoms with van der Waals surface area (Å²) in [7, 11) is 0. The van der Waals surface area contributed by atoms with E-state index in [1.807, 2.05) is 0 Å². The van der Waals surface area contributed by atoms with Crippen molar-refractivity contribution in [3.05, 3.63) is 63.6 Å². The molecule has 1 heterocycles. The number of aromatic nitrogens is 2. The summed E-state index contributed by atoms with van der Waals surface area (Å²) in [6.07, 6.45) is -4.59. The minimum atomic E-state index is -4.59. The lowest BCUT2D eigenvalue weighted by atomic mass is 10.1. The Balaban J connectivity index is 2.30. The zero-order valence-electron chi connectivity index (χ0n) is 10.3. The maximum absolute atomic E-state index is 12.5. The summed E-state index contributed by atoms with van der Waals surface area (Å²) in [4.78, 5) is 11.5. The fraction of sp³-hybridized carbons (Fsp3) is 0.231. The standard InChI is InChI=1S/C13H11F3N2O2/c14-13(15,16)11-5-6-12(20)18(17-11)7-9-1-3-10(8-19)4-2-9/h1-6,19H,7-8H2. The highest BCUT2D eigenvalue weighted by molar-refractivity contribution is 5.22. The van der Waals surface area contributed by atoms with E-state index in [1.54, 1.807) is 24.3 Å². The fourth-order valence-corrected chi connectivity index (χ4v) is 1.64. The van der Waals surface area contributed by atoms with Crippen molar-refractivity contribution in [2.45, 2.75) is 19.3 Å². The molecule has 0 atom stereocenters. The van der Waals surface area contributed by atoms with E-state index in [-0.39, 0.29) is 13.2 Å². The Labute approximate surface area is 112 Å². The van der Waals surface area contributed by atoms with Crippen molar-refractivity contribution >= 4 is 0 Å². The molecule has 4 nitrogen and oxygen atoms in total. The van der Waals surface area contributed by atoms with Crippen LogP contribution in [0.25, 0.3) is 0 Å². The van der Waals surface area contributed by atoms with E-state index in [0.717, 1.165) is 10.7 Å². The molecule has 0 spiro atoms. The SMILES string of the molecule is O=c1ccc(C(F)(F)F)nn1Cc1ccc(CO)cc1. The van der Waals surface area contributed by atoms with Gasteiger partial charge >= 0.3 is 6.18 Å². The van der Waals surface area contributed by atoms with Gasteiger partial charge in [-0.1, -0.05) is 24.3 Å². The summed E-state index contributed by atoms with van der Waals surface area (Å²) < 4.78 is 38.4. The van der Waals surface area contributed by atoms with E-state index in [0.29, 0.717) is 17.2 Å². The van der Waals surface area contributed by atoms with Crippen LogP contribution in [0.5, 0.6) is 0 Å². The molecule has 2 rings (SSSR count). The molecule has 7 heteroatoms. The van der Waals surface area contributed by atoms with Gasteiger partial charge in [0.2, 0.25) is 0 Å². The van der Waals surface area contributed by atoms with Crippen LogP contribution >= 0.6 is 0 Å². The Morgan fingerprint density at radius 2 is 1.65 bits per heavy atom. The Kier molecular flexibility index (Phi) is 3.89. The van der Waals surface area contributed by atoms with Crippen LogP contribution in [0, 0.1) is 0 Å². The molecule has 0 saturated carbocycles. The third kappa shape index (κ3) is 3.24. The van der Waals surface area contributed by atoms with Gasteiger partial charge in [0.15, 0.2) is 5.69 Å². The predicted octanol–water partition coefficient (Wildman–Crippen LogP) is 1.80. The Morgan fingerprint density at radius 1 is 1.05 bits per heavy atom. The van der Waals surface area contributed by atoms with E-state index in [2.05, 4.69) is 5.10 Å². The molecule has 0 aliphatic heterocycles. The third-order valence-corrected chi connectivity index (χ3v) is 2.69. The van der Waals surface area contributed by atoms with Gasteiger partial charge in [-0.2, -0.15) is 18.3 Å². The first-order chi connectivity index (χ1) is 9.40. The monoisotopic (exact) mass is 284 g/mol. The zero-order chi connectivity index (χ0) is 14.8. The van der Waals surface area contributed by atoms with Gasteiger partial charge in [-0.3, -0.25) is 4.79 Å². The zero-order valence-corrected chi connectivity index (χ0v) is 10.3. The van der Waals surface area contributed by atoms with Crippen molar-refractivity contribution in [2.75, 3.05) is 0 Å². The normalized spacial score (nSPS) is 11.6. The molecule has 20 heavy (non-hydrogen) atoms. The van der Waals surface area contributed by atoms with Crippen molar-refractivity contribution in [2.24, 2.45) is 0 Å². The lowest BCUT2D eigenvalue weighted by Crippen LogP contribution is -2.26. The van der Waals surface area contributed by atoms with Crippen LogP contribution in [0.15, 0.2) is 41.2 Å². The van der Waals surface area contributed by atoms with Crippen LogP contribution in [0.4, 0.5) is 13.2 Å². The van der Waals surface area contributed by atoms with Gasteiger partial charge in [0.1, 0.15) is 0 Å². The summed E-state index contributed by atoms with van der Waals surface area (Å²) in [6.45, 7) is -0.184. The molecule has 0 fully saturated rings. The smallest absolute Gasteiger partial charge is 0.392 e. The molecule has 1 N–H and O–H groups in total. The Bertz CT molecular complexity index is 648. The van der Waals surface area contributed by atoms with Gasteiger partial charge in [0.05, 0.1) is 13.2 Å². The number of aliphatic hydroxyl groups is 1. The molecule has 0 amide bonds. The quantitative estimate of drug-likeness (QED) is 0.935. The highest BCUT2D eigenvalue weighted by Gasteiger charge is 2.33. The topological polar surface area (TPSA) is 55.1 Å². The molecule has 0 saturated heterocycles. The summed E-state index contributed by atoms with van der Waals surface area (Å²) in [6, 6.07) is 8.02. The summed E-state index contributed by atoms with van der Waals surface area (Å²) in [5.74, 6) is 0.